The van der Waals surface area contributed by atoms with Crippen LogP contribution in [-0.4, -0.2) is 60.3 Å². The SMILES string of the molecule is CC(=O)OC(C)C(=O)Nc1cccc(C2OC(CSc3nnnn3-c3ccc(O)cc3)CC(c3ccc(CO)cc3)O2)c1. The van der Waals surface area contributed by atoms with E-state index in [1.165, 1.54) is 25.6 Å². The minimum absolute atomic E-state index is 0.0544. The summed E-state index contributed by atoms with van der Waals surface area (Å²) in [6.07, 6.45) is -1.73. The number of hydrogen-bond donors (Lipinski definition) is 3. The summed E-state index contributed by atoms with van der Waals surface area (Å²) >= 11 is 1.43. The molecule has 4 aromatic rings. The van der Waals surface area contributed by atoms with Gasteiger partial charge in [0.25, 0.3) is 5.91 Å². The first kappa shape index (κ1) is 30.2. The normalized spacial score (nSPS) is 19.0. The van der Waals surface area contributed by atoms with Crippen molar-refractivity contribution < 1.29 is 34.0 Å². The van der Waals surface area contributed by atoms with Crippen LogP contribution in [0.1, 0.15) is 49.4 Å². The van der Waals surface area contributed by atoms with Gasteiger partial charge in [0.1, 0.15) is 5.75 Å². The van der Waals surface area contributed by atoms with Crippen molar-refractivity contribution in [1.29, 1.82) is 0 Å². The fraction of sp³-hybridized carbons (Fsp3) is 0.300. The van der Waals surface area contributed by atoms with E-state index >= 15 is 0 Å². The molecule has 1 amide bonds. The predicted molar refractivity (Wildman–Crippen MR) is 156 cm³/mol. The molecule has 12 nitrogen and oxygen atoms in total. The number of tetrazole rings is 1. The van der Waals surface area contributed by atoms with Gasteiger partial charge in [-0.3, -0.25) is 9.59 Å². The highest BCUT2D eigenvalue weighted by molar-refractivity contribution is 7.99. The molecular weight excluding hydrogens is 574 g/mol. The lowest BCUT2D eigenvalue weighted by molar-refractivity contribution is -0.245. The highest BCUT2D eigenvalue weighted by atomic mass is 32.2. The van der Waals surface area contributed by atoms with Gasteiger partial charge in [0, 0.05) is 30.3 Å². The molecule has 1 aliphatic heterocycles. The molecule has 1 saturated heterocycles. The zero-order chi connectivity index (χ0) is 30.3. The van der Waals surface area contributed by atoms with Gasteiger partial charge >= 0.3 is 5.97 Å². The third-order valence-corrected chi connectivity index (χ3v) is 7.74. The van der Waals surface area contributed by atoms with Crippen molar-refractivity contribution in [2.75, 3.05) is 11.1 Å². The van der Waals surface area contributed by atoms with Crippen LogP contribution in [0.2, 0.25) is 0 Å². The number of benzene rings is 3. The Bertz CT molecular complexity index is 1550. The molecule has 0 radical (unpaired) electrons. The summed E-state index contributed by atoms with van der Waals surface area (Å²) in [7, 11) is 0. The average molecular weight is 606 g/mol. The van der Waals surface area contributed by atoms with E-state index in [9.17, 15) is 19.8 Å². The summed E-state index contributed by atoms with van der Waals surface area (Å²) in [5.41, 5.74) is 3.64. The number of aliphatic hydroxyl groups excluding tert-OH is 1. The van der Waals surface area contributed by atoms with E-state index in [1.54, 1.807) is 47.1 Å². The van der Waals surface area contributed by atoms with E-state index < -0.39 is 24.3 Å². The zero-order valence-electron chi connectivity index (χ0n) is 23.5. The zero-order valence-corrected chi connectivity index (χ0v) is 24.3. The number of aromatic nitrogens is 4. The van der Waals surface area contributed by atoms with Crippen molar-refractivity contribution in [2.24, 2.45) is 0 Å². The number of aliphatic hydroxyl groups is 1. The molecule has 1 fully saturated rings. The van der Waals surface area contributed by atoms with Crippen molar-refractivity contribution in [3.8, 4) is 11.4 Å². The van der Waals surface area contributed by atoms with Gasteiger partial charge in [-0.1, -0.05) is 48.2 Å². The van der Waals surface area contributed by atoms with Crippen molar-refractivity contribution in [3.05, 3.63) is 89.5 Å². The van der Waals surface area contributed by atoms with Crippen molar-refractivity contribution >= 4 is 29.3 Å². The van der Waals surface area contributed by atoms with Crippen LogP contribution in [0, 0.1) is 0 Å². The maximum atomic E-state index is 12.5. The van der Waals surface area contributed by atoms with Crippen LogP contribution in [0.5, 0.6) is 5.75 Å². The molecule has 224 valence electrons. The largest absolute Gasteiger partial charge is 0.508 e. The predicted octanol–water partition coefficient (Wildman–Crippen LogP) is 4.09. The molecule has 0 bridgehead atoms. The number of anilines is 1. The molecule has 0 saturated carbocycles. The van der Waals surface area contributed by atoms with Crippen molar-refractivity contribution in [3.63, 3.8) is 0 Å². The molecule has 13 heteroatoms. The van der Waals surface area contributed by atoms with Crippen molar-refractivity contribution in [2.45, 2.75) is 56.6 Å². The van der Waals surface area contributed by atoms with E-state index in [4.69, 9.17) is 14.2 Å². The standard InChI is InChI=1S/C30H31N5O7S/c1-18(40-19(2)37)28(39)31-23-5-3-4-22(14-23)29-41-26(15-27(42-29)21-8-6-20(16-36)7-9-21)17-43-30-32-33-34-35(30)24-10-12-25(38)13-11-24/h3-14,18,26-27,29,36,38H,15-17H2,1-2H3,(H,31,39). The van der Waals surface area contributed by atoms with Gasteiger partial charge in [-0.25, -0.2) is 0 Å². The topological polar surface area (TPSA) is 158 Å². The van der Waals surface area contributed by atoms with Crippen LogP contribution >= 0.6 is 11.8 Å². The number of hydrogen-bond acceptors (Lipinski definition) is 11. The quantitative estimate of drug-likeness (QED) is 0.177. The summed E-state index contributed by atoms with van der Waals surface area (Å²) in [6, 6.07) is 21.3. The van der Waals surface area contributed by atoms with Crippen LogP contribution in [0.4, 0.5) is 5.69 Å². The van der Waals surface area contributed by atoms with Gasteiger partial charge in [-0.15, -0.1) is 5.10 Å². The van der Waals surface area contributed by atoms with Crippen molar-refractivity contribution in [1.82, 2.24) is 20.2 Å². The Kier molecular flexibility index (Phi) is 9.67. The first-order valence-electron chi connectivity index (χ1n) is 13.6. The number of nitrogens with zero attached hydrogens (tertiary/aromatic N) is 4. The second-order valence-electron chi connectivity index (χ2n) is 9.92. The minimum Gasteiger partial charge on any atom is -0.508 e. The fourth-order valence-electron chi connectivity index (χ4n) is 4.52. The number of thioether (sulfide) groups is 1. The lowest BCUT2D eigenvalue weighted by Gasteiger charge is -2.36. The molecule has 2 heterocycles. The molecule has 3 aromatic carbocycles. The number of esters is 1. The number of carbonyl (C=O) groups excluding carboxylic acids is 2. The highest BCUT2D eigenvalue weighted by Gasteiger charge is 2.33. The molecule has 4 atom stereocenters. The van der Waals surface area contributed by atoms with Crippen LogP contribution in [0.15, 0.2) is 78.0 Å². The molecule has 43 heavy (non-hydrogen) atoms. The van der Waals surface area contributed by atoms with Crippen LogP contribution in [-0.2, 0) is 30.4 Å². The summed E-state index contributed by atoms with van der Waals surface area (Å²) in [5.74, 6) is -0.340. The summed E-state index contributed by atoms with van der Waals surface area (Å²) < 4.78 is 19.4. The van der Waals surface area contributed by atoms with E-state index in [0.717, 1.165) is 11.1 Å². The molecule has 1 aliphatic rings. The van der Waals surface area contributed by atoms with E-state index in [-0.39, 0.29) is 24.6 Å². The highest BCUT2D eigenvalue weighted by Crippen LogP contribution is 2.40. The molecule has 1 aromatic heterocycles. The van der Waals surface area contributed by atoms with Gasteiger partial charge in [0.15, 0.2) is 12.4 Å². The maximum absolute atomic E-state index is 12.5. The third kappa shape index (κ3) is 7.76. The molecule has 3 N–H and O–H groups in total. The lowest BCUT2D eigenvalue weighted by Crippen LogP contribution is -2.31. The number of aromatic hydroxyl groups is 1. The Morgan fingerprint density at radius 3 is 2.58 bits per heavy atom. The second kappa shape index (κ2) is 13.8. The summed E-state index contributed by atoms with van der Waals surface area (Å²) in [5, 5.41) is 34.5. The molecule has 0 spiro atoms. The Labute approximate surface area is 252 Å². The van der Waals surface area contributed by atoms with Crippen LogP contribution in [0.25, 0.3) is 5.69 Å². The molecular formula is C30H31N5O7S. The number of phenolic OH excluding ortho intramolecular Hbond substituents is 1. The smallest absolute Gasteiger partial charge is 0.303 e. The minimum atomic E-state index is -0.950. The Hall–Kier alpha value is -4.30. The number of ether oxygens (including phenoxy) is 3. The van der Waals surface area contributed by atoms with Gasteiger partial charge < -0.3 is 29.7 Å². The van der Waals surface area contributed by atoms with Gasteiger partial charge in [0.2, 0.25) is 5.16 Å². The summed E-state index contributed by atoms with van der Waals surface area (Å²) in [6.45, 7) is 2.69. The maximum Gasteiger partial charge on any atom is 0.303 e. The van der Waals surface area contributed by atoms with Gasteiger partial charge in [-0.2, -0.15) is 4.68 Å². The molecule has 4 unspecified atom stereocenters. The Morgan fingerprint density at radius 2 is 1.86 bits per heavy atom. The van der Waals surface area contributed by atoms with E-state index in [0.29, 0.717) is 34.3 Å². The number of rotatable bonds is 10. The number of phenols is 1. The third-order valence-electron chi connectivity index (χ3n) is 6.69. The lowest BCUT2D eigenvalue weighted by atomic mass is 10.0. The monoisotopic (exact) mass is 605 g/mol. The first-order valence-corrected chi connectivity index (χ1v) is 14.6. The first-order chi connectivity index (χ1) is 20.8. The number of amides is 1. The van der Waals surface area contributed by atoms with Gasteiger partial charge in [0.05, 0.1) is 24.5 Å². The number of nitrogens with one attached hydrogen (secondary N) is 1. The second-order valence-corrected chi connectivity index (χ2v) is 10.9. The Balaban J connectivity index is 1.34. The van der Waals surface area contributed by atoms with Gasteiger partial charge in [-0.05, 0) is 64.9 Å². The average Bonchev–Trinajstić information content (AvgIpc) is 3.49. The summed E-state index contributed by atoms with van der Waals surface area (Å²) in [4.78, 5) is 23.8. The fourth-order valence-corrected chi connectivity index (χ4v) is 5.43. The molecule has 5 rings (SSSR count). The molecule has 0 aliphatic carbocycles. The van der Waals surface area contributed by atoms with Crippen LogP contribution < -0.4 is 5.32 Å². The number of carbonyl (C=O) groups is 2. The Morgan fingerprint density at radius 1 is 1.09 bits per heavy atom. The van der Waals surface area contributed by atoms with E-state index in [2.05, 4.69) is 20.8 Å². The van der Waals surface area contributed by atoms with E-state index in [1.807, 2.05) is 30.3 Å². The van der Waals surface area contributed by atoms with Crippen LogP contribution in [0.3, 0.4) is 0 Å².